The molecular formula is C16H16Cl3NO2. The summed E-state index contributed by atoms with van der Waals surface area (Å²) in [6.07, 6.45) is 0.439. The van der Waals surface area contributed by atoms with Crippen LogP contribution in [-0.4, -0.2) is 19.1 Å². The molecule has 2 aromatic carbocycles. The summed E-state index contributed by atoms with van der Waals surface area (Å²) in [5.41, 5.74) is 8.71. The Morgan fingerprint density at radius 2 is 1.68 bits per heavy atom. The van der Waals surface area contributed by atoms with Crippen LogP contribution in [0.15, 0.2) is 42.5 Å². The predicted octanol–water partition coefficient (Wildman–Crippen LogP) is 4.13. The van der Waals surface area contributed by atoms with Gasteiger partial charge in [-0.05, 0) is 35.2 Å². The number of hydrogen-bond donors (Lipinski definition) is 1. The first-order valence-corrected chi connectivity index (χ1v) is 7.14. The number of rotatable bonds is 4. The average Bonchev–Trinajstić information content (AvgIpc) is 2.50. The number of nitrogens with two attached hydrogens (primary N) is 1. The predicted molar refractivity (Wildman–Crippen MR) is 92.8 cm³/mol. The summed E-state index contributed by atoms with van der Waals surface area (Å²) < 4.78 is 4.61. The van der Waals surface area contributed by atoms with Crippen LogP contribution in [0.25, 0.3) is 11.1 Å². The minimum absolute atomic E-state index is 0. The first-order valence-electron chi connectivity index (χ1n) is 6.39. The van der Waals surface area contributed by atoms with E-state index in [1.54, 1.807) is 6.07 Å². The van der Waals surface area contributed by atoms with E-state index in [4.69, 9.17) is 28.9 Å². The smallest absolute Gasteiger partial charge is 0.322 e. The molecule has 22 heavy (non-hydrogen) atoms. The summed E-state index contributed by atoms with van der Waals surface area (Å²) in [7, 11) is 1.33. The molecule has 0 aromatic heterocycles. The van der Waals surface area contributed by atoms with Gasteiger partial charge in [-0.1, -0.05) is 53.5 Å². The number of halogens is 3. The number of benzene rings is 2. The molecule has 0 radical (unpaired) electrons. The number of carbonyl (C=O) groups is 1. The van der Waals surface area contributed by atoms with E-state index in [-0.39, 0.29) is 12.4 Å². The molecule has 2 rings (SSSR count). The minimum atomic E-state index is -0.647. The summed E-state index contributed by atoms with van der Waals surface area (Å²) in [5.74, 6) is -0.413. The zero-order valence-corrected chi connectivity index (χ0v) is 14.2. The van der Waals surface area contributed by atoms with Crippen LogP contribution >= 0.6 is 35.6 Å². The van der Waals surface area contributed by atoms with E-state index in [0.29, 0.717) is 16.5 Å². The molecule has 0 saturated carbocycles. The van der Waals surface area contributed by atoms with Gasteiger partial charge >= 0.3 is 5.97 Å². The Kier molecular flexibility index (Phi) is 7.17. The summed E-state index contributed by atoms with van der Waals surface area (Å²) in [6, 6.07) is 12.6. The highest BCUT2D eigenvalue weighted by molar-refractivity contribution is 6.42. The summed E-state index contributed by atoms with van der Waals surface area (Å²) in [4.78, 5) is 11.3. The molecule has 0 aliphatic heterocycles. The summed E-state index contributed by atoms with van der Waals surface area (Å²) in [5, 5.41) is 1.05. The first kappa shape index (κ1) is 18.8. The van der Waals surface area contributed by atoms with Gasteiger partial charge in [0.1, 0.15) is 6.04 Å². The Balaban J connectivity index is 0.00000242. The maximum absolute atomic E-state index is 11.3. The van der Waals surface area contributed by atoms with Crippen molar-refractivity contribution in [1.29, 1.82) is 0 Å². The fraction of sp³-hybridized carbons (Fsp3) is 0.188. The molecule has 0 saturated heterocycles. The van der Waals surface area contributed by atoms with Crippen molar-refractivity contribution >= 4 is 41.6 Å². The third-order valence-corrected chi connectivity index (χ3v) is 3.91. The van der Waals surface area contributed by atoms with Crippen molar-refractivity contribution in [3.8, 4) is 11.1 Å². The van der Waals surface area contributed by atoms with E-state index in [9.17, 15) is 4.79 Å². The molecule has 0 bridgehead atoms. The van der Waals surface area contributed by atoms with Crippen LogP contribution in [0.1, 0.15) is 5.56 Å². The van der Waals surface area contributed by atoms with Crippen LogP contribution in [0, 0.1) is 0 Å². The lowest BCUT2D eigenvalue weighted by atomic mass is 10.0. The van der Waals surface area contributed by atoms with Gasteiger partial charge in [-0.15, -0.1) is 12.4 Å². The Hall–Kier alpha value is -1.26. The average molecular weight is 361 g/mol. The van der Waals surface area contributed by atoms with Gasteiger partial charge in [0.15, 0.2) is 0 Å². The summed E-state index contributed by atoms with van der Waals surface area (Å²) in [6.45, 7) is 0. The zero-order chi connectivity index (χ0) is 15.4. The van der Waals surface area contributed by atoms with E-state index in [1.807, 2.05) is 36.4 Å². The second-order valence-corrected chi connectivity index (χ2v) is 5.47. The highest BCUT2D eigenvalue weighted by Gasteiger charge is 2.14. The van der Waals surface area contributed by atoms with Crippen LogP contribution in [0.4, 0.5) is 0 Å². The fourth-order valence-corrected chi connectivity index (χ4v) is 2.30. The van der Waals surface area contributed by atoms with Crippen molar-refractivity contribution in [2.24, 2.45) is 5.73 Å². The largest absolute Gasteiger partial charge is 0.468 e. The lowest BCUT2D eigenvalue weighted by molar-refractivity contribution is -0.142. The van der Waals surface area contributed by atoms with E-state index in [1.165, 1.54) is 7.11 Å². The maximum Gasteiger partial charge on any atom is 0.322 e. The van der Waals surface area contributed by atoms with Gasteiger partial charge in [-0.2, -0.15) is 0 Å². The standard InChI is InChI=1S/C16H15Cl2NO2.ClH/c1-21-16(20)15(19)8-10-2-4-11(5-3-10)12-6-7-13(17)14(18)9-12;/h2-7,9,15H,8,19H2,1H3;1H/t15-;/m1./s1. The third-order valence-electron chi connectivity index (χ3n) is 3.17. The summed E-state index contributed by atoms with van der Waals surface area (Å²) >= 11 is 11.9. The van der Waals surface area contributed by atoms with Crippen molar-refractivity contribution in [2.45, 2.75) is 12.5 Å². The van der Waals surface area contributed by atoms with Crippen molar-refractivity contribution in [3.05, 3.63) is 58.1 Å². The molecular weight excluding hydrogens is 345 g/mol. The maximum atomic E-state index is 11.3. The van der Waals surface area contributed by atoms with Crippen LogP contribution < -0.4 is 5.73 Å². The van der Waals surface area contributed by atoms with Crippen LogP contribution in [0.3, 0.4) is 0 Å². The fourth-order valence-electron chi connectivity index (χ4n) is 2.00. The van der Waals surface area contributed by atoms with Crippen molar-refractivity contribution in [2.75, 3.05) is 7.11 Å². The molecule has 0 amide bonds. The number of carbonyl (C=O) groups excluding carboxylic acids is 1. The van der Waals surface area contributed by atoms with E-state index < -0.39 is 12.0 Å². The van der Waals surface area contributed by atoms with Crippen LogP contribution in [-0.2, 0) is 16.0 Å². The number of ether oxygens (including phenoxy) is 1. The van der Waals surface area contributed by atoms with Crippen molar-refractivity contribution in [1.82, 2.24) is 0 Å². The van der Waals surface area contributed by atoms with Gasteiger partial charge in [-0.25, -0.2) is 0 Å². The molecule has 0 aliphatic rings. The van der Waals surface area contributed by atoms with Gasteiger partial charge in [-0.3, -0.25) is 4.79 Å². The molecule has 0 heterocycles. The number of methoxy groups -OCH3 is 1. The monoisotopic (exact) mass is 359 g/mol. The van der Waals surface area contributed by atoms with Gasteiger partial charge in [0.05, 0.1) is 17.2 Å². The molecule has 118 valence electrons. The SMILES string of the molecule is COC(=O)[C@H](N)Cc1ccc(-c2ccc(Cl)c(Cl)c2)cc1.Cl. The topological polar surface area (TPSA) is 52.3 Å². The van der Waals surface area contributed by atoms with Gasteiger partial charge in [0.25, 0.3) is 0 Å². The molecule has 0 aliphatic carbocycles. The van der Waals surface area contributed by atoms with Gasteiger partial charge in [0.2, 0.25) is 0 Å². The van der Waals surface area contributed by atoms with E-state index in [0.717, 1.165) is 16.7 Å². The third kappa shape index (κ3) is 4.62. The molecule has 2 aromatic rings. The molecule has 0 unspecified atom stereocenters. The number of esters is 1. The highest BCUT2D eigenvalue weighted by atomic mass is 35.5. The Bertz CT molecular complexity index is 644. The zero-order valence-electron chi connectivity index (χ0n) is 11.9. The highest BCUT2D eigenvalue weighted by Crippen LogP contribution is 2.28. The van der Waals surface area contributed by atoms with Crippen molar-refractivity contribution in [3.63, 3.8) is 0 Å². The van der Waals surface area contributed by atoms with Crippen LogP contribution in [0.5, 0.6) is 0 Å². The molecule has 0 spiro atoms. The Morgan fingerprint density at radius 3 is 2.23 bits per heavy atom. The number of hydrogen-bond acceptors (Lipinski definition) is 3. The molecule has 2 N–H and O–H groups in total. The van der Waals surface area contributed by atoms with E-state index >= 15 is 0 Å². The molecule has 6 heteroatoms. The van der Waals surface area contributed by atoms with Gasteiger partial charge in [0, 0.05) is 0 Å². The Morgan fingerprint density at radius 1 is 1.09 bits per heavy atom. The minimum Gasteiger partial charge on any atom is -0.468 e. The quantitative estimate of drug-likeness (QED) is 0.834. The molecule has 1 atom stereocenters. The molecule has 0 fully saturated rings. The second kappa shape index (κ2) is 8.39. The lowest BCUT2D eigenvalue weighted by Crippen LogP contribution is -2.33. The first-order chi connectivity index (χ1) is 10.0. The van der Waals surface area contributed by atoms with Gasteiger partial charge < -0.3 is 10.5 Å². The Labute approximate surface area is 145 Å². The van der Waals surface area contributed by atoms with Crippen molar-refractivity contribution < 1.29 is 9.53 Å². The molecule has 3 nitrogen and oxygen atoms in total. The second-order valence-electron chi connectivity index (χ2n) is 4.66. The normalized spacial score (nSPS) is 11.5. The van der Waals surface area contributed by atoms with Crippen LogP contribution in [0.2, 0.25) is 10.0 Å². The van der Waals surface area contributed by atoms with E-state index in [2.05, 4.69) is 4.74 Å². The lowest BCUT2D eigenvalue weighted by Gasteiger charge is -2.10.